The molecule has 1 heterocycles. The van der Waals surface area contributed by atoms with Crippen LogP contribution in [0.2, 0.25) is 5.02 Å². The first-order valence-electron chi connectivity index (χ1n) is 6.41. The van der Waals surface area contributed by atoms with Crippen molar-refractivity contribution < 1.29 is 18.0 Å². The quantitative estimate of drug-likeness (QED) is 0.661. The van der Waals surface area contributed by atoms with E-state index in [1.165, 1.54) is 26.0 Å². The lowest BCUT2D eigenvalue weighted by atomic mass is 10.2. The molecule has 1 aliphatic heterocycles. The van der Waals surface area contributed by atoms with Gasteiger partial charge in [-0.05, 0) is 31.6 Å². The Morgan fingerprint density at radius 1 is 1.18 bits per heavy atom. The van der Waals surface area contributed by atoms with Gasteiger partial charge < -0.3 is 0 Å². The molecule has 0 atom stereocenters. The van der Waals surface area contributed by atoms with Gasteiger partial charge in [-0.2, -0.15) is 0 Å². The summed E-state index contributed by atoms with van der Waals surface area (Å²) in [6, 6.07) is 7.00. The molecule has 1 aliphatic rings. The van der Waals surface area contributed by atoms with E-state index < -0.39 is 31.3 Å². The zero-order chi connectivity index (χ0) is 16.5. The third-order valence-corrected chi connectivity index (χ3v) is 6.16. The van der Waals surface area contributed by atoms with E-state index in [0.29, 0.717) is 10.6 Å². The lowest BCUT2D eigenvalue weighted by molar-refractivity contribution is -0.130. The molecule has 1 aromatic carbocycles. The number of allylic oxidation sites excluding steroid dienone is 2. The number of hydrogen-bond acceptors (Lipinski definition) is 4. The minimum atomic E-state index is -4.05. The van der Waals surface area contributed by atoms with Crippen molar-refractivity contribution in [2.24, 2.45) is 0 Å². The van der Waals surface area contributed by atoms with Crippen LogP contribution in [-0.2, 0) is 19.4 Å². The first-order chi connectivity index (χ1) is 10.2. The van der Waals surface area contributed by atoms with Gasteiger partial charge in [-0.15, -0.1) is 0 Å². The molecule has 0 unspecified atom stereocenters. The summed E-state index contributed by atoms with van der Waals surface area (Å²) >= 11 is 5.98. The Labute approximate surface area is 133 Å². The highest BCUT2D eigenvalue weighted by molar-refractivity contribution is 7.98. The van der Waals surface area contributed by atoms with Crippen LogP contribution < -0.4 is 5.32 Å². The minimum absolute atomic E-state index is 0.444. The first-order valence-corrected chi connectivity index (χ1v) is 8.27. The number of halogens is 1. The molecule has 0 saturated carbocycles. The Balaban J connectivity index is 2.41. The minimum Gasteiger partial charge on any atom is -0.290 e. The Hall–Kier alpha value is -1.92. The van der Waals surface area contributed by atoms with Gasteiger partial charge in [-0.3, -0.25) is 14.9 Å². The Kier molecular flexibility index (Phi) is 4.26. The van der Waals surface area contributed by atoms with Crippen LogP contribution in [-0.4, -0.2) is 25.0 Å². The summed E-state index contributed by atoms with van der Waals surface area (Å²) in [7, 11) is -4.05. The molecule has 5 nitrogen and oxygen atoms in total. The van der Waals surface area contributed by atoms with Crippen molar-refractivity contribution >= 4 is 39.3 Å². The summed E-state index contributed by atoms with van der Waals surface area (Å²) in [6.07, 6.45) is 4.17. The molecule has 1 N–H and O–H groups in total. The highest BCUT2D eigenvalue weighted by Gasteiger charge is 2.50. The van der Waals surface area contributed by atoms with Gasteiger partial charge in [0.05, 0.1) is 0 Å². The lowest BCUT2D eigenvalue weighted by Crippen LogP contribution is -2.56. The normalized spacial score (nSPS) is 22.0. The van der Waals surface area contributed by atoms with Crippen molar-refractivity contribution in [2.45, 2.75) is 18.6 Å². The van der Waals surface area contributed by atoms with E-state index in [0.717, 1.165) is 0 Å². The largest absolute Gasteiger partial charge is 0.290 e. The number of sulfone groups is 1. The summed E-state index contributed by atoms with van der Waals surface area (Å²) in [4.78, 5) is 23.0. The van der Waals surface area contributed by atoms with Gasteiger partial charge in [0.25, 0.3) is 5.91 Å². The fraction of sp³-hybridized carbons (Fsp3) is 0.200. The summed E-state index contributed by atoms with van der Waals surface area (Å²) < 4.78 is 23.0. The van der Waals surface area contributed by atoms with Crippen LogP contribution in [0.3, 0.4) is 0 Å². The molecule has 0 radical (unpaired) electrons. The molecule has 22 heavy (non-hydrogen) atoms. The maximum atomic E-state index is 12.4. The maximum Gasteiger partial charge on any atom is 0.269 e. The number of amides is 2. The Morgan fingerprint density at radius 2 is 1.82 bits per heavy atom. The monoisotopic (exact) mass is 339 g/mol. The van der Waals surface area contributed by atoms with Crippen molar-refractivity contribution in [3.63, 3.8) is 0 Å². The van der Waals surface area contributed by atoms with Crippen LogP contribution in [0.15, 0.2) is 41.3 Å². The SMILES string of the molecule is CC1(C)C(=O)NC(=O)/C(=C\C=C\c2ccccc2Cl)S1(=O)=O. The van der Waals surface area contributed by atoms with Crippen LogP contribution in [0.25, 0.3) is 6.08 Å². The van der Waals surface area contributed by atoms with E-state index in [9.17, 15) is 18.0 Å². The standard InChI is InChI=1S/C15H14ClNO4S/c1-15(2)14(19)17-13(18)12(22(15,20)21)9-5-7-10-6-3-4-8-11(10)16/h3-9H,1-2H3,(H,17,18,19)/b7-5+,12-9+. The topological polar surface area (TPSA) is 80.3 Å². The molecule has 1 aromatic rings. The van der Waals surface area contributed by atoms with Crippen LogP contribution in [0, 0.1) is 0 Å². The summed E-state index contributed by atoms with van der Waals surface area (Å²) in [5, 5.41) is 2.55. The lowest BCUT2D eigenvalue weighted by Gasteiger charge is -2.28. The third-order valence-electron chi connectivity index (χ3n) is 3.39. The second-order valence-corrected chi connectivity index (χ2v) is 8.08. The maximum absolute atomic E-state index is 12.4. The van der Waals surface area contributed by atoms with Gasteiger partial charge in [0.2, 0.25) is 5.91 Å². The molecular weight excluding hydrogens is 326 g/mol. The second-order valence-electron chi connectivity index (χ2n) is 5.21. The highest BCUT2D eigenvalue weighted by Crippen LogP contribution is 2.28. The number of carbonyl (C=O) groups is 2. The molecule has 7 heteroatoms. The number of nitrogens with one attached hydrogen (secondary N) is 1. The number of carbonyl (C=O) groups excluding carboxylic acids is 2. The van der Waals surface area contributed by atoms with Crippen LogP contribution in [0.1, 0.15) is 19.4 Å². The Morgan fingerprint density at radius 3 is 2.45 bits per heavy atom. The van der Waals surface area contributed by atoms with E-state index in [4.69, 9.17) is 11.6 Å². The van der Waals surface area contributed by atoms with Crippen LogP contribution >= 0.6 is 11.6 Å². The summed E-state index contributed by atoms with van der Waals surface area (Å²) in [5.41, 5.74) is 0.685. The molecule has 0 aromatic heterocycles. The average molecular weight is 340 g/mol. The van der Waals surface area contributed by atoms with Crippen molar-refractivity contribution in [1.29, 1.82) is 0 Å². The van der Waals surface area contributed by atoms with Crippen LogP contribution in [0.4, 0.5) is 0 Å². The molecule has 1 fully saturated rings. The summed E-state index contributed by atoms with van der Waals surface area (Å²) in [6.45, 7) is 2.52. The van der Waals surface area contributed by atoms with E-state index in [2.05, 4.69) is 5.32 Å². The van der Waals surface area contributed by atoms with Gasteiger partial charge in [-0.1, -0.05) is 42.0 Å². The fourth-order valence-electron chi connectivity index (χ4n) is 1.85. The molecule has 116 valence electrons. The smallest absolute Gasteiger partial charge is 0.269 e. The van der Waals surface area contributed by atoms with E-state index in [1.54, 1.807) is 30.3 Å². The predicted octanol–water partition coefficient (Wildman–Crippen LogP) is 2.09. The number of imide groups is 1. The van der Waals surface area contributed by atoms with E-state index >= 15 is 0 Å². The van der Waals surface area contributed by atoms with Crippen molar-refractivity contribution in [3.8, 4) is 0 Å². The molecule has 1 saturated heterocycles. The third kappa shape index (κ3) is 2.71. The van der Waals surface area contributed by atoms with Crippen molar-refractivity contribution in [1.82, 2.24) is 5.32 Å². The number of hydrogen-bond donors (Lipinski definition) is 1. The second kappa shape index (κ2) is 5.70. The molecule has 2 amide bonds. The van der Waals surface area contributed by atoms with Gasteiger partial charge in [0.15, 0.2) is 9.84 Å². The van der Waals surface area contributed by atoms with Gasteiger partial charge in [-0.25, -0.2) is 8.42 Å². The highest BCUT2D eigenvalue weighted by atomic mass is 35.5. The van der Waals surface area contributed by atoms with Crippen molar-refractivity contribution in [3.05, 3.63) is 51.9 Å². The average Bonchev–Trinajstić information content (AvgIpc) is 2.43. The van der Waals surface area contributed by atoms with Crippen LogP contribution in [0.5, 0.6) is 0 Å². The van der Waals surface area contributed by atoms with E-state index in [-0.39, 0.29) is 0 Å². The van der Waals surface area contributed by atoms with Gasteiger partial charge >= 0.3 is 0 Å². The van der Waals surface area contributed by atoms with Gasteiger partial charge in [0, 0.05) is 5.02 Å². The molecule has 2 rings (SSSR count). The predicted molar refractivity (Wildman–Crippen MR) is 84.7 cm³/mol. The first kappa shape index (κ1) is 16.5. The molecule has 0 aliphatic carbocycles. The number of rotatable bonds is 2. The van der Waals surface area contributed by atoms with Gasteiger partial charge in [0.1, 0.15) is 9.65 Å². The fourth-order valence-corrected chi connectivity index (χ4v) is 3.45. The molecule has 0 bridgehead atoms. The summed E-state index contributed by atoms with van der Waals surface area (Å²) in [5.74, 6) is -1.75. The molecular formula is C15H14ClNO4S. The molecule has 0 spiro atoms. The van der Waals surface area contributed by atoms with E-state index in [1.807, 2.05) is 0 Å². The zero-order valence-corrected chi connectivity index (χ0v) is 13.5. The number of benzene rings is 1. The zero-order valence-electron chi connectivity index (χ0n) is 12.0. The van der Waals surface area contributed by atoms with Crippen molar-refractivity contribution in [2.75, 3.05) is 0 Å². The Bertz CT molecular complexity index is 807.